The van der Waals surface area contributed by atoms with Crippen molar-refractivity contribution in [3.63, 3.8) is 0 Å². The first-order valence-electron chi connectivity index (χ1n) is 9.39. The van der Waals surface area contributed by atoms with Crippen LogP contribution in [-0.4, -0.2) is 31.0 Å². The van der Waals surface area contributed by atoms with Crippen LogP contribution in [0, 0.1) is 13.1 Å². The predicted octanol–water partition coefficient (Wildman–Crippen LogP) is 6.41. The third-order valence-electron chi connectivity index (χ3n) is 4.93. The highest BCUT2D eigenvalue weighted by Gasteiger charge is 2.31. The van der Waals surface area contributed by atoms with E-state index in [9.17, 15) is 22.6 Å². The standard InChI is InChI=1S/C20H15Br3I2O7S/c21-10-5-13(22)17(14(23)6-10)20(27)31-11-3-1-9(2-4-11)19(26)32-12-7-15(24)18(16(25)8-12)33(28,29)30/h5-9,11H,1-4H2,(H,28,29,30)/p-1. The summed E-state index contributed by atoms with van der Waals surface area (Å²) in [5.74, 6) is -1.09. The van der Waals surface area contributed by atoms with Crippen LogP contribution in [-0.2, 0) is 19.6 Å². The number of hydrogen-bond acceptors (Lipinski definition) is 7. The maximum atomic E-state index is 12.6. The molecule has 0 atom stereocenters. The van der Waals surface area contributed by atoms with Gasteiger partial charge in [0.25, 0.3) is 0 Å². The molecule has 1 fully saturated rings. The molecular weight excluding hydrogens is 878 g/mol. The molecule has 0 amide bonds. The Morgan fingerprint density at radius 1 is 0.939 bits per heavy atom. The van der Waals surface area contributed by atoms with E-state index in [0.29, 0.717) is 40.2 Å². The van der Waals surface area contributed by atoms with Gasteiger partial charge in [-0.2, -0.15) is 0 Å². The van der Waals surface area contributed by atoms with Crippen molar-refractivity contribution in [2.24, 2.45) is 5.92 Å². The number of benzene rings is 2. The quantitative estimate of drug-likeness (QED) is 0.148. The smallest absolute Gasteiger partial charge is 0.340 e. The van der Waals surface area contributed by atoms with Crippen molar-refractivity contribution in [2.75, 3.05) is 0 Å². The molecule has 0 spiro atoms. The summed E-state index contributed by atoms with van der Waals surface area (Å²) in [7, 11) is -4.63. The maximum absolute atomic E-state index is 12.6. The first-order chi connectivity index (χ1) is 15.4. The molecule has 0 unspecified atom stereocenters. The lowest BCUT2D eigenvalue weighted by molar-refractivity contribution is -0.140. The van der Waals surface area contributed by atoms with Gasteiger partial charge in [-0.3, -0.25) is 4.79 Å². The molecule has 178 valence electrons. The lowest BCUT2D eigenvalue weighted by atomic mass is 9.87. The Bertz CT molecular complexity index is 1170. The summed E-state index contributed by atoms with van der Waals surface area (Å²) < 4.78 is 47.7. The van der Waals surface area contributed by atoms with Crippen molar-refractivity contribution >= 4 is 115 Å². The normalized spacial score (nSPS) is 18.6. The lowest BCUT2D eigenvalue weighted by Crippen LogP contribution is -2.30. The maximum Gasteiger partial charge on any atom is 0.340 e. The first-order valence-corrected chi connectivity index (χ1v) is 15.3. The second-order valence-electron chi connectivity index (χ2n) is 7.21. The largest absolute Gasteiger partial charge is 0.744 e. The summed E-state index contributed by atoms with van der Waals surface area (Å²) in [5, 5.41) is 0. The number of carbonyl (C=O) groups excluding carboxylic acids is 2. The van der Waals surface area contributed by atoms with Gasteiger partial charge in [0.05, 0.1) is 16.4 Å². The molecule has 0 N–H and O–H groups in total. The van der Waals surface area contributed by atoms with Gasteiger partial charge in [0, 0.05) is 20.6 Å². The molecule has 1 aliphatic carbocycles. The summed E-state index contributed by atoms with van der Waals surface area (Å²) in [6.45, 7) is 0. The summed E-state index contributed by atoms with van der Waals surface area (Å²) in [4.78, 5) is 24.9. The minimum absolute atomic E-state index is 0.180. The van der Waals surface area contributed by atoms with Gasteiger partial charge in [0.1, 0.15) is 22.0 Å². The predicted molar refractivity (Wildman–Crippen MR) is 146 cm³/mol. The van der Waals surface area contributed by atoms with E-state index in [1.54, 1.807) is 57.3 Å². The number of halogens is 5. The molecule has 0 bridgehead atoms. The average Bonchev–Trinajstić information content (AvgIpc) is 2.65. The van der Waals surface area contributed by atoms with Gasteiger partial charge in [-0.15, -0.1) is 0 Å². The third kappa shape index (κ3) is 7.12. The van der Waals surface area contributed by atoms with Crippen molar-refractivity contribution in [2.45, 2.75) is 36.7 Å². The van der Waals surface area contributed by atoms with Gasteiger partial charge in [0.15, 0.2) is 0 Å². The van der Waals surface area contributed by atoms with E-state index in [-0.39, 0.29) is 29.8 Å². The molecule has 0 aromatic heterocycles. The van der Waals surface area contributed by atoms with E-state index >= 15 is 0 Å². The lowest BCUT2D eigenvalue weighted by Gasteiger charge is -2.27. The van der Waals surface area contributed by atoms with E-state index in [1.165, 1.54) is 12.1 Å². The van der Waals surface area contributed by atoms with Gasteiger partial charge >= 0.3 is 11.9 Å². The van der Waals surface area contributed by atoms with E-state index in [0.717, 1.165) is 4.47 Å². The molecule has 0 aliphatic heterocycles. The van der Waals surface area contributed by atoms with Crippen LogP contribution in [0.3, 0.4) is 0 Å². The Morgan fingerprint density at radius 3 is 1.94 bits per heavy atom. The molecule has 0 radical (unpaired) electrons. The van der Waals surface area contributed by atoms with Crippen LogP contribution in [0.25, 0.3) is 0 Å². The second kappa shape index (κ2) is 11.5. The van der Waals surface area contributed by atoms with Crippen LogP contribution in [0.2, 0.25) is 0 Å². The average molecular weight is 892 g/mol. The number of esters is 2. The summed E-state index contributed by atoms with van der Waals surface area (Å²) in [6, 6.07) is 6.23. The van der Waals surface area contributed by atoms with Crippen molar-refractivity contribution in [1.29, 1.82) is 0 Å². The van der Waals surface area contributed by atoms with Crippen molar-refractivity contribution in [1.82, 2.24) is 0 Å². The third-order valence-corrected chi connectivity index (χ3v) is 10.0. The van der Waals surface area contributed by atoms with Gasteiger partial charge in [0.2, 0.25) is 0 Å². The fourth-order valence-corrected chi connectivity index (χ4v) is 9.90. The van der Waals surface area contributed by atoms with Crippen molar-refractivity contribution in [3.05, 3.63) is 50.4 Å². The van der Waals surface area contributed by atoms with E-state index in [4.69, 9.17) is 9.47 Å². The SMILES string of the molecule is O=C(OC1CCC(C(=O)Oc2cc(I)c(S(=O)(=O)[O-])c(I)c2)CC1)c1c(Br)cc(Br)cc1Br. The monoisotopic (exact) mass is 889 g/mol. The Labute approximate surface area is 243 Å². The van der Waals surface area contributed by atoms with Crippen LogP contribution < -0.4 is 4.74 Å². The summed E-state index contributed by atoms with van der Waals surface area (Å²) in [6.07, 6.45) is 1.69. The molecule has 2 aromatic rings. The Hall–Kier alpha value is 0.190. The molecule has 7 nitrogen and oxygen atoms in total. The molecule has 33 heavy (non-hydrogen) atoms. The topological polar surface area (TPSA) is 110 Å². The van der Waals surface area contributed by atoms with Crippen molar-refractivity contribution < 1.29 is 32.0 Å². The fourth-order valence-electron chi connectivity index (χ4n) is 3.40. The van der Waals surface area contributed by atoms with E-state index in [2.05, 4.69) is 47.8 Å². The van der Waals surface area contributed by atoms with Crippen LogP contribution in [0.5, 0.6) is 5.75 Å². The van der Waals surface area contributed by atoms with Gasteiger partial charge in [-0.05, 0) is 127 Å². The Morgan fingerprint density at radius 2 is 1.45 bits per heavy atom. The van der Waals surface area contributed by atoms with Crippen LogP contribution >= 0.6 is 93.0 Å². The highest BCUT2D eigenvalue weighted by atomic mass is 127. The van der Waals surface area contributed by atoms with E-state index < -0.39 is 22.1 Å². The summed E-state index contributed by atoms with van der Waals surface area (Å²) >= 11 is 13.6. The van der Waals surface area contributed by atoms with Gasteiger partial charge in [-0.1, -0.05) is 15.9 Å². The highest BCUT2D eigenvalue weighted by Crippen LogP contribution is 2.34. The van der Waals surface area contributed by atoms with Crippen LogP contribution in [0.1, 0.15) is 36.0 Å². The van der Waals surface area contributed by atoms with Gasteiger partial charge in [-0.25, -0.2) is 13.2 Å². The number of rotatable bonds is 5. The highest BCUT2D eigenvalue weighted by molar-refractivity contribution is 14.1. The van der Waals surface area contributed by atoms with Gasteiger partial charge < -0.3 is 14.0 Å². The Balaban J connectivity index is 1.59. The number of hydrogen-bond donors (Lipinski definition) is 0. The molecule has 0 heterocycles. The molecule has 3 rings (SSSR count). The van der Waals surface area contributed by atoms with Crippen LogP contribution in [0.15, 0.2) is 42.6 Å². The zero-order chi connectivity index (χ0) is 24.5. The minimum atomic E-state index is -4.63. The first kappa shape index (κ1) is 27.8. The molecular formula is C20H14Br3I2O7S-. The van der Waals surface area contributed by atoms with Crippen LogP contribution in [0.4, 0.5) is 0 Å². The minimum Gasteiger partial charge on any atom is -0.744 e. The molecule has 1 saturated carbocycles. The fraction of sp³-hybridized carbons (Fsp3) is 0.300. The molecule has 1 aliphatic rings. The number of ether oxygens (including phenoxy) is 2. The zero-order valence-electron chi connectivity index (χ0n) is 16.4. The molecule has 13 heteroatoms. The van der Waals surface area contributed by atoms with Crippen molar-refractivity contribution in [3.8, 4) is 5.75 Å². The zero-order valence-corrected chi connectivity index (χ0v) is 26.3. The van der Waals surface area contributed by atoms with E-state index in [1.807, 2.05) is 0 Å². The summed E-state index contributed by atoms with van der Waals surface area (Å²) in [5.41, 5.74) is 0.396. The number of carbonyl (C=O) groups is 2. The Kier molecular flexibility index (Phi) is 9.68. The second-order valence-corrected chi connectivity index (χ2v) is 13.5. The molecule has 0 saturated heterocycles. The molecule has 2 aromatic carbocycles.